The molecule has 4 nitrogen and oxygen atoms in total. The van der Waals surface area contributed by atoms with Crippen LogP contribution < -0.4 is 9.47 Å². The number of fused-ring (bicyclic) bond motifs is 1. The quantitative estimate of drug-likeness (QED) is 0.613. The van der Waals surface area contributed by atoms with Crippen molar-refractivity contribution in [2.45, 2.75) is 19.3 Å². The van der Waals surface area contributed by atoms with Gasteiger partial charge in [-0.3, -0.25) is 4.79 Å². The van der Waals surface area contributed by atoms with Crippen LogP contribution in [0, 0.1) is 0 Å². The van der Waals surface area contributed by atoms with Crippen LogP contribution in [0.4, 0.5) is 0 Å². The van der Waals surface area contributed by atoms with E-state index in [0.29, 0.717) is 5.76 Å². The van der Waals surface area contributed by atoms with Gasteiger partial charge < -0.3 is 14.4 Å². The van der Waals surface area contributed by atoms with Gasteiger partial charge in [0.15, 0.2) is 5.76 Å². The molecule has 1 aliphatic rings. The molecule has 2 aromatic rings. The average Bonchev–Trinajstić information content (AvgIpc) is 3.25. The topological polar surface area (TPSA) is 38.8 Å². The summed E-state index contributed by atoms with van der Waals surface area (Å²) in [6, 6.07) is 7.74. The molecule has 0 atom stereocenters. The molecule has 0 spiro atoms. The fourth-order valence-corrected chi connectivity index (χ4v) is 3.55. The summed E-state index contributed by atoms with van der Waals surface area (Å²) >= 11 is 1.58. The fourth-order valence-electron chi connectivity index (χ4n) is 2.90. The highest BCUT2D eigenvalue weighted by Gasteiger charge is 2.23. The first kappa shape index (κ1) is 16.6. The molecular formula is C19H21NO3S. The molecule has 0 N–H and O–H groups in total. The maximum atomic E-state index is 12.5. The molecule has 126 valence electrons. The SMILES string of the molecule is COc1ccc(OC(=Cc2cccs2)C(=O)N(C)C)c2c1CCC2. The van der Waals surface area contributed by atoms with Crippen molar-refractivity contribution >= 4 is 23.3 Å². The van der Waals surface area contributed by atoms with Crippen molar-refractivity contribution < 1.29 is 14.3 Å². The summed E-state index contributed by atoms with van der Waals surface area (Å²) in [5.41, 5.74) is 2.35. The van der Waals surface area contributed by atoms with Gasteiger partial charge in [0.05, 0.1) is 7.11 Å². The monoisotopic (exact) mass is 343 g/mol. The van der Waals surface area contributed by atoms with E-state index < -0.39 is 0 Å². The lowest BCUT2D eigenvalue weighted by molar-refractivity contribution is -0.126. The number of carbonyl (C=O) groups excluding carboxylic acids is 1. The van der Waals surface area contributed by atoms with E-state index in [4.69, 9.17) is 9.47 Å². The Bertz CT molecular complexity index is 763. The Kier molecular flexibility index (Phi) is 4.90. The predicted octanol–water partition coefficient (Wildman–Crippen LogP) is 3.75. The summed E-state index contributed by atoms with van der Waals surface area (Å²) in [5, 5.41) is 1.98. The minimum absolute atomic E-state index is 0.147. The number of amides is 1. The number of thiophene rings is 1. The number of ether oxygens (including phenoxy) is 2. The van der Waals surface area contributed by atoms with Crippen LogP contribution in [0.2, 0.25) is 0 Å². The van der Waals surface area contributed by atoms with Gasteiger partial charge in [-0.05, 0) is 42.8 Å². The van der Waals surface area contributed by atoms with Crippen molar-refractivity contribution in [1.29, 1.82) is 0 Å². The third kappa shape index (κ3) is 3.31. The minimum Gasteiger partial charge on any atom is -0.496 e. The fraction of sp³-hybridized carbons (Fsp3) is 0.316. The molecule has 1 heterocycles. The minimum atomic E-state index is -0.147. The van der Waals surface area contributed by atoms with Gasteiger partial charge in [0.25, 0.3) is 5.91 Å². The van der Waals surface area contributed by atoms with E-state index in [9.17, 15) is 4.79 Å². The third-order valence-electron chi connectivity index (χ3n) is 4.07. The molecule has 0 unspecified atom stereocenters. The molecule has 1 amide bonds. The summed E-state index contributed by atoms with van der Waals surface area (Å²) in [6.07, 6.45) is 4.82. The van der Waals surface area contributed by atoms with Crippen molar-refractivity contribution in [3.63, 3.8) is 0 Å². The average molecular weight is 343 g/mol. The van der Waals surface area contributed by atoms with Gasteiger partial charge in [0.1, 0.15) is 11.5 Å². The maximum absolute atomic E-state index is 12.5. The van der Waals surface area contributed by atoms with Crippen LogP contribution in [0.3, 0.4) is 0 Å². The lowest BCUT2D eigenvalue weighted by Crippen LogP contribution is -2.26. The second-order valence-corrected chi connectivity index (χ2v) is 6.88. The smallest absolute Gasteiger partial charge is 0.289 e. The van der Waals surface area contributed by atoms with Gasteiger partial charge in [-0.2, -0.15) is 0 Å². The molecule has 24 heavy (non-hydrogen) atoms. The zero-order chi connectivity index (χ0) is 17.1. The first-order valence-electron chi connectivity index (χ1n) is 7.93. The largest absolute Gasteiger partial charge is 0.496 e. The Labute approximate surface area is 146 Å². The van der Waals surface area contributed by atoms with Gasteiger partial charge in [0.2, 0.25) is 0 Å². The number of nitrogens with zero attached hydrogens (tertiary/aromatic N) is 1. The second-order valence-electron chi connectivity index (χ2n) is 5.90. The molecule has 0 saturated heterocycles. The molecule has 0 bridgehead atoms. The van der Waals surface area contributed by atoms with Crippen LogP contribution in [0.25, 0.3) is 6.08 Å². The first-order valence-corrected chi connectivity index (χ1v) is 8.81. The zero-order valence-electron chi connectivity index (χ0n) is 14.2. The van der Waals surface area contributed by atoms with E-state index in [1.54, 1.807) is 38.6 Å². The van der Waals surface area contributed by atoms with Crippen LogP contribution in [0.1, 0.15) is 22.4 Å². The maximum Gasteiger partial charge on any atom is 0.289 e. The van der Waals surface area contributed by atoms with Gasteiger partial charge >= 0.3 is 0 Å². The number of carbonyl (C=O) groups is 1. The van der Waals surface area contributed by atoms with Crippen LogP contribution in [0.15, 0.2) is 35.4 Å². The first-order chi connectivity index (χ1) is 11.6. The molecule has 0 aliphatic heterocycles. The van der Waals surface area contributed by atoms with Crippen LogP contribution in [-0.2, 0) is 17.6 Å². The van der Waals surface area contributed by atoms with E-state index in [1.165, 1.54) is 10.5 Å². The highest BCUT2D eigenvalue weighted by Crippen LogP contribution is 2.38. The van der Waals surface area contributed by atoms with E-state index in [1.807, 2.05) is 29.6 Å². The van der Waals surface area contributed by atoms with Gasteiger partial charge in [-0.15, -0.1) is 11.3 Å². The standard InChI is InChI=1S/C19H21NO3S/c1-20(2)19(21)18(12-13-6-5-11-24-13)23-17-10-9-16(22-3)14-7-4-8-15(14)17/h5-6,9-12H,4,7-8H2,1-3H3. The van der Waals surface area contributed by atoms with E-state index >= 15 is 0 Å². The van der Waals surface area contributed by atoms with Crippen molar-refractivity contribution in [2.75, 3.05) is 21.2 Å². The summed E-state index contributed by atoms with van der Waals surface area (Å²) < 4.78 is 11.5. The van der Waals surface area contributed by atoms with Gasteiger partial charge in [-0.25, -0.2) is 0 Å². The number of likely N-dealkylation sites (N-methyl/N-ethyl adjacent to an activating group) is 1. The van der Waals surface area contributed by atoms with Crippen molar-refractivity contribution in [1.82, 2.24) is 4.90 Å². The number of rotatable bonds is 5. The Morgan fingerprint density at radius 2 is 1.88 bits per heavy atom. The van der Waals surface area contributed by atoms with Crippen molar-refractivity contribution in [3.8, 4) is 11.5 Å². The molecule has 1 aromatic heterocycles. The summed E-state index contributed by atoms with van der Waals surface area (Å²) in [7, 11) is 5.14. The molecule has 5 heteroatoms. The highest BCUT2D eigenvalue weighted by atomic mass is 32.1. The van der Waals surface area contributed by atoms with Crippen LogP contribution in [-0.4, -0.2) is 32.0 Å². The van der Waals surface area contributed by atoms with Crippen LogP contribution in [0.5, 0.6) is 11.5 Å². The molecule has 1 aliphatic carbocycles. The Hall–Kier alpha value is -2.27. The van der Waals surface area contributed by atoms with E-state index in [2.05, 4.69) is 0 Å². The number of methoxy groups -OCH3 is 1. The summed E-state index contributed by atoms with van der Waals surface area (Å²) in [5.74, 6) is 1.84. The molecule has 0 radical (unpaired) electrons. The lowest BCUT2D eigenvalue weighted by Gasteiger charge is -2.17. The molecule has 0 saturated carbocycles. The Balaban J connectivity index is 1.97. The third-order valence-corrected chi connectivity index (χ3v) is 4.89. The molecule has 0 fully saturated rings. The zero-order valence-corrected chi connectivity index (χ0v) is 15.0. The van der Waals surface area contributed by atoms with Gasteiger partial charge in [-0.1, -0.05) is 6.07 Å². The van der Waals surface area contributed by atoms with Crippen molar-refractivity contribution in [2.24, 2.45) is 0 Å². The highest BCUT2D eigenvalue weighted by molar-refractivity contribution is 7.10. The predicted molar refractivity (Wildman–Crippen MR) is 96.6 cm³/mol. The normalized spacial score (nSPS) is 13.5. The van der Waals surface area contributed by atoms with Crippen LogP contribution >= 0.6 is 11.3 Å². The van der Waals surface area contributed by atoms with E-state index in [0.717, 1.165) is 41.2 Å². The Morgan fingerprint density at radius 3 is 2.50 bits per heavy atom. The Morgan fingerprint density at radius 1 is 1.17 bits per heavy atom. The summed E-state index contributed by atoms with van der Waals surface area (Å²) in [6.45, 7) is 0. The van der Waals surface area contributed by atoms with E-state index in [-0.39, 0.29) is 5.91 Å². The lowest BCUT2D eigenvalue weighted by atomic mass is 10.1. The molecular weight excluding hydrogens is 322 g/mol. The number of hydrogen-bond acceptors (Lipinski definition) is 4. The number of hydrogen-bond donors (Lipinski definition) is 0. The molecule has 1 aromatic carbocycles. The second kappa shape index (κ2) is 7.09. The molecule has 3 rings (SSSR count). The summed E-state index contributed by atoms with van der Waals surface area (Å²) in [4.78, 5) is 15.0. The number of benzene rings is 1. The van der Waals surface area contributed by atoms with Crippen molar-refractivity contribution in [3.05, 3.63) is 51.4 Å². The van der Waals surface area contributed by atoms with Gasteiger partial charge in [0, 0.05) is 36.2 Å².